The first-order chi connectivity index (χ1) is 36.0. The summed E-state index contributed by atoms with van der Waals surface area (Å²) >= 11 is 0.707. The Kier molecular flexibility index (Phi) is 2.92. The number of fused-ring (bicyclic) bond motifs is 6. The van der Waals surface area contributed by atoms with Gasteiger partial charge in [-0.15, -0.1) is 11.3 Å². The molecule has 0 unspecified atom stereocenters. The third-order valence-corrected chi connectivity index (χ3v) is 8.69. The standard InChI is InChI=1S/C46H28N2OS/c1-2-9-29(10-3-1)32-11-6-12-33(25-32)30-19-21-31(22-20-30)34-23-24-41-40(27-34)44-45(49-41)43(47-28-48-44)36-14-7-13-35(26-36)37-16-8-17-39-38-15-4-5-18-42(38)50-46(37)39/h1-28H/i1D,2D,3D,4D,5D,6D,7D,8D,9D,10D,11D,12D,13D,14D,15D,16D,17D,18D,19D,20D,21D,22D,23D,24D,25D,26D,27D. The van der Waals surface area contributed by atoms with Crippen LogP contribution in [-0.4, -0.2) is 9.97 Å². The molecule has 0 bridgehead atoms. The molecule has 3 heterocycles. The van der Waals surface area contributed by atoms with Crippen molar-refractivity contribution in [3.05, 3.63) is 169 Å². The zero-order valence-electron chi connectivity index (χ0n) is 51.8. The maximum atomic E-state index is 9.56. The van der Waals surface area contributed by atoms with Crippen LogP contribution in [0.3, 0.4) is 0 Å². The van der Waals surface area contributed by atoms with E-state index in [1.165, 1.54) is 0 Å². The Bertz CT molecular complexity index is 4380. The molecule has 0 N–H and O–H groups in total. The van der Waals surface area contributed by atoms with Crippen molar-refractivity contribution < 1.29 is 41.4 Å². The Labute approximate surface area is 330 Å². The predicted molar refractivity (Wildman–Crippen MR) is 209 cm³/mol. The monoisotopic (exact) mass is 683 g/mol. The summed E-state index contributed by atoms with van der Waals surface area (Å²) in [4.78, 5) is 8.49. The Morgan fingerprint density at radius 3 is 1.88 bits per heavy atom. The van der Waals surface area contributed by atoms with Crippen LogP contribution >= 0.6 is 11.3 Å². The predicted octanol–water partition coefficient (Wildman–Crippen LogP) is 13.1. The van der Waals surface area contributed by atoms with Crippen molar-refractivity contribution in [2.75, 3.05) is 0 Å². The van der Waals surface area contributed by atoms with Gasteiger partial charge in [0.15, 0.2) is 5.58 Å². The minimum atomic E-state index is -1.01. The quantitative estimate of drug-likeness (QED) is 0.181. The van der Waals surface area contributed by atoms with Crippen LogP contribution in [0.4, 0.5) is 0 Å². The lowest BCUT2D eigenvalue weighted by Crippen LogP contribution is -1.88. The van der Waals surface area contributed by atoms with Gasteiger partial charge in [-0.05, 0) is 74.7 Å². The van der Waals surface area contributed by atoms with Crippen molar-refractivity contribution in [3.63, 3.8) is 0 Å². The van der Waals surface area contributed by atoms with E-state index in [1.807, 2.05) is 0 Å². The van der Waals surface area contributed by atoms with Crippen molar-refractivity contribution in [3.8, 4) is 55.8 Å². The Hall–Kier alpha value is -6.36. The number of thiophene rings is 1. The molecule has 4 heteroatoms. The number of benzene rings is 7. The topological polar surface area (TPSA) is 38.9 Å². The fourth-order valence-corrected chi connectivity index (χ4v) is 6.39. The zero-order valence-corrected chi connectivity index (χ0v) is 25.6. The minimum absolute atomic E-state index is 0.0585. The zero-order chi connectivity index (χ0) is 56.5. The van der Waals surface area contributed by atoms with Gasteiger partial charge in [0.2, 0.25) is 0 Å². The average molecular weight is 684 g/mol. The molecule has 0 radical (unpaired) electrons. The van der Waals surface area contributed by atoms with Gasteiger partial charge in [-0.3, -0.25) is 0 Å². The number of nitrogens with zero attached hydrogens (tertiary/aromatic N) is 2. The van der Waals surface area contributed by atoms with E-state index in [0.717, 1.165) is 6.33 Å². The maximum absolute atomic E-state index is 9.56. The van der Waals surface area contributed by atoms with Gasteiger partial charge in [0, 0.05) is 31.1 Å². The molecule has 3 aromatic heterocycles. The number of hydrogen-bond acceptors (Lipinski definition) is 4. The molecule has 0 spiro atoms. The van der Waals surface area contributed by atoms with Crippen molar-refractivity contribution in [1.29, 1.82) is 0 Å². The largest absolute Gasteiger partial charge is 0.452 e. The van der Waals surface area contributed by atoms with Crippen molar-refractivity contribution in [1.82, 2.24) is 9.97 Å². The normalized spacial score (nSPS) is 19.2. The van der Waals surface area contributed by atoms with Crippen LogP contribution in [0.25, 0.3) is 98.0 Å². The van der Waals surface area contributed by atoms with Crippen molar-refractivity contribution in [2.45, 2.75) is 0 Å². The van der Waals surface area contributed by atoms with Crippen LogP contribution in [0.5, 0.6) is 0 Å². The first-order valence-corrected chi connectivity index (χ1v) is 15.3. The molecule has 3 nitrogen and oxygen atoms in total. The molecule has 0 saturated carbocycles. The second kappa shape index (κ2) is 11.7. The van der Waals surface area contributed by atoms with Gasteiger partial charge in [0.1, 0.15) is 23.1 Å². The molecule has 0 saturated heterocycles. The molecule has 0 amide bonds. The molecular weight excluding hydrogens is 629 g/mol. The van der Waals surface area contributed by atoms with Gasteiger partial charge in [-0.1, -0.05) is 133 Å². The summed E-state index contributed by atoms with van der Waals surface area (Å²) in [5.74, 6) is 0. The smallest absolute Gasteiger partial charge is 0.180 e. The highest BCUT2D eigenvalue weighted by Gasteiger charge is 2.17. The van der Waals surface area contributed by atoms with E-state index in [2.05, 4.69) is 9.97 Å². The lowest BCUT2D eigenvalue weighted by atomic mass is 9.97. The van der Waals surface area contributed by atoms with Crippen molar-refractivity contribution in [2.24, 2.45) is 0 Å². The summed E-state index contributed by atoms with van der Waals surface area (Å²) in [6.45, 7) is 0. The van der Waals surface area contributed by atoms with Crippen LogP contribution in [0.15, 0.2) is 174 Å². The summed E-state index contributed by atoms with van der Waals surface area (Å²) in [5.41, 5.74) is -7.70. The molecular formula is C46H28N2OS. The number of furan rings is 1. The van der Waals surface area contributed by atoms with Gasteiger partial charge in [0.25, 0.3) is 0 Å². The third kappa shape index (κ3) is 4.80. The summed E-state index contributed by atoms with van der Waals surface area (Å²) in [7, 11) is 0. The lowest BCUT2D eigenvalue weighted by molar-refractivity contribution is 0.667. The van der Waals surface area contributed by atoms with Crippen LogP contribution in [0, 0.1) is 0 Å². The molecule has 234 valence electrons. The van der Waals surface area contributed by atoms with Gasteiger partial charge in [0.05, 0.1) is 37.0 Å². The molecule has 0 aliphatic carbocycles. The van der Waals surface area contributed by atoms with E-state index in [1.54, 1.807) is 0 Å². The highest BCUT2D eigenvalue weighted by Crippen LogP contribution is 2.41. The van der Waals surface area contributed by atoms with Gasteiger partial charge in [-0.2, -0.15) is 0 Å². The molecule has 10 rings (SSSR count). The Balaban J connectivity index is 1.21. The molecule has 0 atom stereocenters. The number of rotatable bonds is 5. The third-order valence-electron chi connectivity index (χ3n) is 7.57. The first-order valence-electron chi connectivity index (χ1n) is 28.0. The molecule has 0 aliphatic heterocycles. The maximum Gasteiger partial charge on any atom is 0.180 e. The first kappa shape index (κ1) is 12.5. The minimum Gasteiger partial charge on any atom is -0.452 e. The van der Waals surface area contributed by atoms with Crippen LogP contribution < -0.4 is 0 Å². The second-order valence-corrected chi connectivity index (χ2v) is 11.5. The highest BCUT2D eigenvalue weighted by atomic mass is 32.1. The molecule has 10 aromatic rings. The second-order valence-electron chi connectivity index (χ2n) is 10.5. The highest BCUT2D eigenvalue weighted by molar-refractivity contribution is 7.26. The van der Waals surface area contributed by atoms with E-state index >= 15 is 0 Å². The molecule has 7 aromatic carbocycles. The van der Waals surface area contributed by atoms with Gasteiger partial charge in [-0.25, -0.2) is 9.97 Å². The Morgan fingerprint density at radius 1 is 0.460 bits per heavy atom. The molecule has 50 heavy (non-hydrogen) atoms. The van der Waals surface area contributed by atoms with E-state index in [-0.39, 0.29) is 36.6 Å². The van der Waals surface area contributed by atoms with E-state index in [4.69, 9.17) is 35.9 Å². The summed E-state index contributed by atoms with van der Waals surface area (Å²) in [5, 5.41) is -0.724. The van der Waals surface area contributed by atoms with E-state index < -0.39 is 225 Å². The van der Waals surface area contributed by atoms with Crippen LogP contribution in [0.2, 0.25) is 0 Å². The van der Waals surface area contributed by atoms with Crippen LogP contribution in [-0.2, 0) is 0 Å². The summed E-state index contributed by atoms with van der Waals surface area (Å²) < 4.78 is 244. The lowest BCUT2D eigenvalue weighted by Gasteiger charge is -2.08. The Morgan fingerprint density at radius 2 is 1.06 bits per heavy atom. The van der Waals surface area contributed by atoms with Crippen LogP contribution in [0.1, 0.15) is 37.0 Å². The number of hydrogen-bond donors (Lipinski definition) is 0. The fraction of sp³-hybridized carbons (Fsp3) is 0. The van der Waals surface area contributed by atoms with E-state index in [9.17, 15) is 5.48 Å². The molecule has 0 fully saturated rings. The average Bonchev–Trinajstić information content (AvgIpc) is 4.13. The van der Waals surface area contributed by atoms with Gasteiger partial charge >= 0.3 is 0 Å². The fourth-order valence-electron chi connectivity index (χ4n) is 5.31. The SMILES string of the molecule is [2H]c1c([2H])c([2H])c(-c2c([2H])c([2H])c([2H])c(-c3c([2H])c([2H])c(-c4c([2H])c([2H])c5oc6c(-c7c([2H])c([2H])c([2H])c(-c8c([2H])c([2H])c([2H])c9c8sc8c([2H])c([2H])c([2H])c([2H])c89)c7[2H])ncnc6c5c4[2H])c([2H])c3[2H])c2[2H])c([2H])c1[2H]. The number of aromatic nitrogens is 2. The van der Waals surface area contributed by atoms with Gasteiger partial charge < -0.3 is 4.42 Å². The van der Waals surface area contributed by atoms with Crippen molar-refractivity contribution >= 4 is 53.6 Å². The molecule has 0 aliphatic rings. The summed E-state index contributed by atoms with van der Waals surface area (Å²) in [6.07, 6.45) is 0.892. The summed E-state index contributed by atoms with van der Waals surface area (Å²) in [6, 6.07) is -22.0. The van der Waals surface area contributed by atoms with E-state index in [0.29, 0.717) is 11.3 Å².